The first-order chi connectivity index (χ1) is 14.0. The van der Waals surface area contributed by atoms with E-state index in [0.717, 1.165) is 23.3 Å². The molecule has 0 aromatic heterocycles. The monoisotopic (exact) mass is 397 g/mol. The summed E-state index contributed by atoms with van der Waals surface area (Å²) in [6.07, 6.45) is 1.09. The lowest BCUT2D eigenvalue weighted by Gasteiger charge is -2.14. The molecule has 0 aliphatic carbocycles. The Morgan fingerprint density at radius 1 is 1.17 bits per heavy atom. The van der Waals surface area contributed by atoms with Crippen molar-refractivity contribution in [2.24, 2.45) is 0 Å². The van der Waals surface area contributed by atoms with E-state index in [1.165, 1.54) is 0 Å². The average molecular weight is 397 g/mol. The summed E-state index contributed by atoms with van der Waals surface area (Å²) >= 11 is 0. The van der Waals surface area contributed by atoms with E-state index in [4.69, 9.17) is 9.47 Å². The van der Waals surface area contributed by atoms with Gasteiger partial charge in [-0.05, 0) is 25.5 Å². The molecule has 0 bridgehead atoms. The second kappa shape index (κ2) is 9.82. The van der Waals surface area contributed by atoms with E-state index in [9.17, 15) is 9.59 Å². The van der Waals surface area contributed by atoms with E-state index in [-0.39, 0.29) is 31.0 Å². The highest BCUT2D eigenvalue weighted by Crippen LogP contribution is 2.38. The minimum absolute atomic E-state index is 0.115. The molecule has 2 aromatic carbocycles. The number of carbonyl (C=O) groups excluding carboxylic acids is 2. The van der Waals surface area contributed by atoms with Crippen LogP contribution in [0.15, 0.2) is 42.5 Å². The fourth-order valence-electron chi connectivity index (χ4n) is 3.15. The predicted molar refractivity (Wildman–Crippen MR) is 111 cm³/mol. The molecule has 3 rings (SSSR count). The summed E-state index contributed by atoms with van der Waals surface area (Å²) in [5.74, 6) is 1.20. The number of anilines is 1. The molecule has 0 saturated carbocycles. The quantitative estimate of drug-likeness (QED) is 0.638. The number of fused-ring (bicyclic) bond motifs is 1. The smallest absolute Gasteiger partial charge is 0.315 e. The van der Waals surface area contributed by atoms with Crippen molar-refractivity contribution in [3.63, 3.8) is 0 Å². The van der Waals surface area contributed by atoms with Crippen LogP contribution in [0.3, 0.4) is 0 Å². The molecular formula is C22H27N3O4. The molecule has 0 unspecified atom stereocenters. The topological polar surface area (TPSA) is 88.7 Å². The Kier molecular flexibility index (Phi) is 6.94. The van der Waals surface area contributed by atoms with Crippen LogP contribution in [-0.2, 0) is 17.8 Å². The lowest BCUT2D eigenvalue weighted by atomic mass is 10.1. The zero-order chi connectivity index (χ0) is 20.6. The van der Waals surface area contributed by atoms with Crippen molar-refractivity contribution in [2.45, 2.75) is 39.3 Å². The highest BCUT2D eigenvalue weighted by Gasteiger charge is 2.22. The van der Waals surface area contributed by atoms with Gasteiger partial charge in [-0.1, -0.05) is 30.3 Å². The average Bonchev–Trinajstić information content (AvgIpc) is 3.06. The SMILES string of the molecule is CCOc1cc2c(cc1NC(=O)CCNC(=O)NCc1ccccc1)O[C@@H](C)C2. The van der Waals surface area contributed by atoms with Gasteiger partial charge in [0.25, 0.3) is 0 Å². The number of rotatable bonds is 8. The number of amides is 3. The van der Waals surface area contributed by atoms with Crippen LogP contribution in [0.4, 0.5) is 10.5 Å². The van der Waals surface area contributed by atoms with E-state index in [1.54, 1.807) is 0 Å². The minimum Gasteiger partial charge on any atom is -0.492 e. The fourth-order valence-corrected chi connectivity index (χ4v) is 3.15. The van der Waals surface area contributed by atoms with E-state index in [0.29, 0.717) is 24.6 Å². The zero-order valence-corrected chi connectivity index (χ0v) is 16.8. The number of benzene rings is 2. The van der Waals surface area contributed by atoms with E-state index in [2.05, 4.69) is 16.0 Å². The van der Waals surface area contributed by atoms with Gasteiger partial charge in [0.2, 0.25) is 5.91 Å². The van der Waals surface area contributed by atoms with Crippen molar-refractivity contribution in [2.75, 3.05) is 18.5 Å². The van der Waals surface area contributed by atoms with Crippen molar-refractivity contribution >= 4 is 17.6 Å². The summed E-state index contributed by atoms with van der Waals surface area (Å²) < 4.78 is 11.4. The second-order valence-corrected chi connectivity index (χ2v) is 6.91. The molecule has 0 spiro atoms. The first-order valence-corrected chi connectivity index (χ1v) is 9.87. The van der Waals surface area contributed by atoms with Gasteiger partial charge in [-0.15, -0.1) is 0 Å². The van der Waals surface area contributed by atoms with Gasteiger partial charge in [0, 0.05) is 37.6 Å². The maximum atomic E-state index is 12.3. The van der Waals surface area contributed by atoms with Gasteiger partial charge in [0.05, 0.1) is 12.3 Å². The third-order valence-corrected chi connectivity index (χ3v) is 4.51. The Bertz CT molecular complexity index is 855. The summed E-state index contributed by atoms with van der Waals surface area (Å²) in [4.78, 5) is 24.2. The predicted octanol–water partition coefficient (Wildman–Crippen LogP) is 3.24. The molecule has 1 aliphatic heterocycles. The highest BCUT2D eigenvalue weighted by molar-refractivity contribution is 5.93. The third kappa shape index (κ3) is 5.88. The molecule has 1 aliphatic rings. The van der Waals surface area contributed by atoms with Crippen LogP contribution in [0.5, 0.6) is 11.5 Å². The van der Waals surface area contributed by atoms with Gasteiger partial charge in [-0.25, -0.2) is 4.79 Å². The molecule has 1 heterocycles. The summed E-state index contributed by atoms with van der Waals surface area (Å²) in [5.41, 5.74) is 2.67. The molecule has 1 atom stereocenters. The van der Waals surface area contributed by atoms with Crippen molar-refractivity contribution in [3.8, 4) is 11.5 Å². The van der Waals surface area contributed by atoms with E-state index >= 15 is 0 Å². The largest absolute Gasteiger partial charge is 0.492 e. The molecule has 3 amide bonds. The molecule has 3 N–H and O–H groups in total. The van der Waals surface area contributed by atoms with Crippen LogP contribution in [0, 0.1) is 0 Å². The van der Waals surface area contributed by atoms with Gasteiger partial charge >= 0.3 is 6.03 Å². The normalized spacial score (nSPS) is 14.5. The van der Waals surface area contributed by atoms with Crippen molar-refractivity contribution in [3.05, 3.63) is 53.6 Å². The number of carbonyl (C=O) groups is 2. The Labute approximate surface area is 170 Å². The fraction of sp³-hybridized carbons (Fsp3) is 0.364. The van der Waals surface area contributed by atoms with E-state index in [1.807, 2.05) is 56.3 Å². The molecule has 154 valence electrons. The molecule has 0 fully saturated rings. The summed E-state index contributed by atoms with van der Waals surface area (Å²) in [7, 11) is 0. The van der Waals surface area contributed by atoms with Crippen LogP contribution in [0.25, 0.3) is 0 Å². The number of urea groups is 1. The second-order valence-electron chi connectivity index (χ2n) is 6.91. The Morgan fingerprint density at radius 3 is 2.72 bits per heavy atom. The van der Waals surface area contributed by atoms with Crippen LogP contribution < -0.4 is 25.4 Å². The molecule has 0 saturated heterocycles. The lowest BCUT2D eigenvalue weighted by molar-refractivity contribution is -0.116. The first kappa shape index (κ1) is 20.5. The number of ether oxygens (including phenoxy) is 2. The third-order valence-electron chi connectivity index (χ3n) is 4.51. The van der Waals surface area contributed by atoms with Crippen molar-refractivity contribution in [1.29, 1.82) is 0 Å². The van der Waals surface area contributed by atoms with Gasteiger partial charge in [-0.3, -0.25) is 4.79 Å². The summed E-state index contributed by atoms with van der Waals surface area (Å²) in [5, 5.41) is 8.31. The minimum atomic E-state index is -0.309. The van der Waals surface area contributed by atoms with Gasteiger partial charge in [0.1, 0.15) is 17.6 Å². The lowest BCUT2D eigenvalue weighted by Crippen LogP contribution is -2.36. The molecule has 7 nitrogen and oxygen atoms in total. The van der Waals surface area contributed by atoms with Gasteiger partial charge < -0.3 is 25.4 Å². The Balaban J connectivity index is 1.47. The van der Waals surface area contributed by atoms with Crippen LogP contribution in [-0.4, -0.2) is 31.2 Å². The zero-order valence-electron chi connectivity index (χ0n) is 16.8. The van der Waals surface area contributed by atoms with Gasteiger partial charge in [-0.2, -0.15) is 0 Å². The van der Waals surface area contributed by atoms with Gasteiger partial charge in [0.15, 0.2) is 0 Å². The number of hydrogen-bond donors (Lipinski definition) is 3. The van der Waals surface area contributed by atoms with Crippen LogP contribution in [0.2, 0.25) is 0 Å². The van der Waals surface area contributed by atoms with Crippen LogP contribution >= 0.6 is 0 Å². The molecular weight excluding hydrogens is 370 g/mol. The summed E-state index contributed by atoms with van der Waals surface area (Å²) in [6, 6.07) is 13.1. The molecule has 7 heteroatoms. The Hall–Kier alpha value is -3.22. The number of nitrogens with one attached hydrogen (secondary N) is 3. The molecule has 0 radical (unpaired) electrons. The van der Waals surface area contributed by atoms with E-state index < -0.39 is 0 Å². The summed E-state index contributed by atoms with van der Waals surface area (Å²) in [6.45, 7) is 5.07. The van der Waals surface area contributed by atoms with Crippen LogP contribution in [0.1, 0.15) is 31.4 Å². The van der Waals surface area contributed by atoms with Crippen molar-refractivity contribution in [1.82, 2.24) is 10.6 Å². The maximum absolute atomic E-state index is 12.3. The van der Waals surface area contributed by atoms with Crippen molar-refractivity contribution < 1.29 is 19.1 Å². The molecule has 29 heavy (non-hydrogen) atoms. The standard InChI is InChI=1S/C22H27N3O4/c1-3-28-20-12-17-11-15(2)29-19(17)13-18(20)25-21(26)9-10-23-22(27)24-14-16-7-5-4-6-8-16/h4-8,12-13,15H,3,9-11,14H2,1-2H3,(H,25,26)(H2,23,24,27)/t15-/m0/s1. The first-order valence-electron chi connectivity index (χ1n) is 9.87. The maximum Gasteiger partial charge on any atom is 0.315 e. The highest BCUT2D eigenvalue weighted by atomic mass is 16.5. The molecule has 2 aromatic rings. The Morgan fingerprint density at radius 2 is 1.97 bits per heavy atom. The number of hydrogen-bond acceptors (Lipinski definition) is 4.